The highest BCUT2D eigenvalue weighted by Gasteiger charge is 2.13. The number of nitrogens with zero attached hydrogens (tertiary/aromatic N) is 1. The van der Waals surface area contributed by atoms with Gasteiger partial charge in [0.2, 0.25) is 0 Å². The molecule has 1 aliphatic rings. The van der Waals surface area contributed by atoms with E-state index in [4.69, 9.17) is 11.8 Å². The van der Waals surface area contributed by atoms with Gasteiger partial charge in [0.25, 0.3) is 0 Å². The molecule has 0 aromatic heterocycles. The largest absolute Gasteiger partial charge is 0.262 e. The summed E-state index contributed by atoms with van der Waals surface area (Å²) < 4.78 is 1.22. The Hall–Kier alpha value is 0.210. The molecule has 0 saturated carbocycles. The molecule has 0 amide bonds. The summed E-state index contributed by atoms with van der Waals surface area (Å²) in [6.07, 6.45) is 0. The van der Waals surface area contributed by atoms with Crippen molar-refractivity contribution in [2.45, 2.75) is 0 Å². The zero-order chi connectivity index (χ0) is 2.99. The van der Waals surface area contributed by atoms with Gasteiger partial charge < -0.3 is 0 Å². The highest BCUT2D eigenvalue weighted by atomic mass is 35.5. The van der Waals surface area contributed by atoms with Gasteiger partial charge in [-0.15, -0.1) is 0 Å². The molecule has 4 heavy (non-hydrogen) atoms. The lowest BCUT2D eigenvalue weighted by Gasteiger charge is -1.54. The van der Waals surface area contributed by atoms with Crippen molar-refractivity contribution in [1.82, 2.24) is 4.58 Å². The Kier molecular flexibility index (Phi) is 0.353. The van der Waals surface area contributed by atoms with Crippen LogP contribution in [0.5, 0.6) is 0 Å². The normalized spacial score (nSPS) is 39.8. The van der Waals surface area contributed by atoms with Crippen LogP contribution in [0.2, 0.25) is 0 Å². The second kappa shape index (κ2) is 0.578. The van der Waals surface area contributed by atoms with E-state index in [1.807, 2.05) is 0 Å². The fourth-order valence-corrected chi connectivity index (χ4v) is 0.0655. The number of hydrogen-bond donors (Lipinski definition) is 0. The molecule has 1 aliphatic heterocycles. The molecule has 0 aromatic carbocycles. The second-order valence-corrected chi connectivity index (χ2v) is 0.953. The molecule has 1 fully saturated rings. The molecule has 0 aromatic rings. The van der Waals surface area contributed by atoms with E-state index in [1.54, 1.807) is 0 Å². The predicted molar refractivity (Wildman–Crippen MR) is 13.6 cm³/mol. The molecule has 1 rings (SSSR count). The van der Waals surface area contributed by atoms with Gasteiger partial charge in [0, 0.05) is 11.8 Å². The minimum Gasteiger partial charge on any atom is -0.262 e. The molecule has 24 valence electrons. The van der Waals surface area contributed by atoms with Crippen molar-refractivity contribution in [2.24, 2.45) is 0 Å². The Morgan fingerprint density at radius 3 is 2.25 bits per heavy atom. The first-order valence-corrected chi connectivity index (χ1v) is 1.29. The van der Waals surface area contributed by atoms with Gasteiger partial charge in [0.05, 0.1) is 0 Å². The standard InChI is InChI=1S/CH2ClNO/c2-3-1-4-3/h1H2. The van der Waals surface area contributed by atoms with Gasteiger partial charge in [-0.2, -0.15) is 0 Å². The molecule has 1 heterocycles. The van der Waals surface area contributed by atoms with Crippen LogP contribution in [-0.2, 0) is 4.84 Å². The third kappa shape index (κ3) is 0.314. The lowest BCUT2D eigenvalue weighted by Crippen LogP contribution is -1.58. The van der Waals surface area contributed by atoms with E-state index in [0.717, 1.165) is 0 Å². The van der Waals surface area contributed by atoms with Crippen LogP contribution in [0.25, 0.3) is 0 Å². The van der Waals surface area contributed by atoms with Gasteiger partial charge in [0.1, 0.15) is 0 Å². The number of hydroxylamine groups is 1. The quantitative estimate of drug-likeness (QED) is 0.307. The first-order valence-electron chi connectivity index (χ1n) is 0.957. The molecule has 1 unspecified atom stereocenters. The van der Waals surface area contributed by atoms with Crippen LogP contribution in [0.1, 0.15) is 0 Å². The summed E-state index contributed by atoms with van der Waals surface area (Å²) in [4.78, 5) is 4.31. The highest BCUT2D eigenvalue weighted by Crippen LogP contribution is 2.07. The van der Waals surface area contributed by atoms with Crippen molar-refractivity contribution >= 4 is 11.8 Å². The topological polar surface area (TPSA) is 15.5 Å². The fraction of sp³-hybridized carbons (Fsp3) is 1.00. The van der Waals surface area contributed by atoms with Gasteiger partial charge in [-0.1, -0.05) is 4.58 Å². The lowest BCUT2D eigenvalue weighted by atomic mass is 11.5. The molecule has 0 aliphatic carbocycles. The van der Waals surface area contributed by atoms with Crippen molar-refractivity contribution in [2.75, 3.05) is 6.73 Å². The van der Waals surface area contributed by atoms with Gasteiger partial charge in [-0.25, -0.2) is 0 Å². The minimum absolute atomic E-state index is 0.585. The molecular weight excluding hydrogens is 77.5 g/mol. The first kappa shape index (κ1) is 2.45. The molecule has 0 N–H and O–H groups in total. The van der Waals surface area contributed by atoms with E-state index in [-0.39, 0.29) is 0 Å². The fourth-order valence-electron chi connectivity index (χ4n) is 0.0218. The zero-order valence-corrected chi connectivity index (χ0v) is 2.70. The molecule has 2 nitrogen and oxygen atoms in total. The summed E-state index contributed by atoms with van der Waals surface area (Å²) in [5, 5.41) is 0. The maximum Gasteiger partial charge on any atom is 0.162 e. The van der Waals surface area contributed by atoms with E-state index in [9.17, 15) is 0 Å². The summed E-state index contributed by atoms with van der Waals surface area (Å²) in [6, 6.07) is 0. The van der Waals surface area contributed by atoms with Crippen LogP contribution in [0.3, 0.4) is 0 Å². The van der Waals surface area contributed by atoms with Gasteiger partial charge in [0.15, 0.2) is 6.73 Å². The molecule has 0 spiro atoms. The Labute approximate surface area is 29.0 Å². The van der Waals surface area contributed by atoms with Crippen LogP contribution in [0.4, 0.5) is 0 Å². The summed E-state index contributed by atoms with van der Waals surface area (Å²) in [7, 11) is 0. The maximum absolute atomic E-state index is 5.00. The summed E-state index contributed by atoms with van der Waals surface area (Å²) in [6.45, 7) is 0.585. The van der Waals surface area contributed by atoms with Gasteiger partial charge >= 0.3 is 0 Å². The third-order valence-corrected chi connectivity index (χ3v) is 0.422. The molecule has 1 saturated heterocycles. The van der Waals surface area contributed by atoms with Gasteiger partial charge in [-0.3, -0.25) is 4.84 Å². The smallest absolute Gasteiger partial charge is 0.162 e. The average Bonchev–Trinajstić information content (AvgIpc) is 1.75. The van der Waals surface area contributed by atoms with Crippen LogP contribution >= 0.6 is 11.8 Å². The van der Waals surface area contributed by atoms with E-state index in [1.165, 1.54) is 4.58 Å². The third-order valence-electron chi connectivity index (χ3n) is 0.227. The van der Waals surface area contributed by atoms with Crippen molar-refractivity contribution in [3.8, 4) is 0 Å². The zero-order valence-electron chi connectivity index (χ0n) is 1.94. The van der Waals surface area contributed by atoms with Crippen LogP contribution < -0.4 is 0 Å². The number of halogens is 1. The Morgan fingerprint density at radius 1 is 2.00 bits per heavy atom. The van der Waals surface area contributed by atoms with Crippen LogP contribution in [0, 0.1) is 0 Å². The second-order valence-electron chi connectivity index (χ2n) is 0.576. The highest BCUT2D eigenvalue weighted by molar-refractivity contribution is 6.13. The Bertz CT molecular complexity index is 27.2. The van der Waals surface area contributed by atoms with Crippen molar-refractivity contribution in [3.63, 3.8) is 0 Å². The van der Waals surface area contributed by atoms with Crippen LogP contribution in [0.15, 0.2) is 0 Å². The minimum atomic E-state index is 0.585. The van der Waals surface area contributed by atoms with E-state index >= 15 is 0 Å². The predicted octanol–water partition coefficient (Wildman–Crippen LogP) is 0.345. The Morgan fingerprint density at radius 2 is 2.25 bits per heavy atom. The van der Waals surface area contributed by atoms with Crippen molar-refractivity contribution in [1.29, 1.82) is 0 Å². The SMILES string of the molecule is ClN1CO1. The lowest BCUT2D eigenvalue weighted by molar-refractivity contribution is 0.306. The summed E-state index contributed by atoms with van der Waals surface area (Å²) >= 11 is 5.00. The van der Waals surface area contributed by atoms with Gasteiger partial charge in [-0.05, 0) is 0 Å². The molecule has 0 bridgehead atoms. The van der Waals surface area contributed by atoms with E-state index in [2.05, 4.69) is 4.84 Å². The van der Waals surface area contributed by atoms with E-state index < -0.39 is 0 Å². The molecule has 0 radical (unpaired) electrons. The maximum atomic E-state index is 5.00. The molecule has 1 atom stereocenters. The van der Waals surface area contributed by atoms with Crippen molar-refractivity contribution < 1.29 is 4.84 Å². The number of hydrogen-bond acceptors (Lipinski definition) is 2. The monoisotopic (exact) mass is 79.0 g/mol. The molecular formula is CH2ClNO. The van der Waals surface area contributed by atoms with Crippen molar-refractivity contribution in [3.05, 3.63) is 0 Å². The van der Waals surface area contributed by atoms with E-state index in [0.29, 0.717) is 6.73 Å². The molecule has 3 heteroatoms. The summed E-state index contributed by atoms with van der Waals surface area (Å²) in [5.41, 5.74) is 0. The van der Waals surface area contributed by atoms with Crippen LogP contribution in [-0.4, -0.2) is 11.3 Å². The summed E-state index contributed by atoms with van der Waals surface area (Å²) in [5.74, 6) is 0. The number of rotatable bonds is 0. The first-order chi connectivity index (χ1) is 1.89. The Balaban J connectivity index is 2.17. The average molecular weight is 79.5 g/mol.